The van der Waals surface area contributed by atoms with E-state index < -0.39 is 0 Å². The van der Waals surface area contributed by atoms with Gasteiger partial charge in [-0.3, -0.25) is 4.98 Å². The number of pyridine rings is 1. The number of carbonyl (C=O) groups excluding carboxylic acids is 1. The van der Waals surface area contributed by atoms with Crippen molar-refractivity contribution in [2.24, 2.45) is 5.92 Å². The Balaban J connectivity index is 1.55. The molecule has 1 aromatic carbocycles. The Labute approximate surface area is 142 Å². The molecule has 2 aromatic rings. The van der Waals surface area contributed by atoms with Crippen molar-refractivity contribution in [2.45, 2.75) is 38.6 Å². The van der Waals surface area contributed by atoms with Crippen LogP contribution in [0.4, 0.5) is 10.5 Å². The van der Waals surface area contributed by atoms with Gasteiger partial charge in [-0.15, -0.1) is 0 Å². The van der Waals surface area contributed by atoms with E-state index in [2.05, 4.69) is 22.5 Å². The summed E-state index contributed by atoms with van der Waals surface area (Å²) in [7, 11) is 0. The molecular weight excluding hydrogens is 302 g/mol. The molecule has 0 aliphatic heterocycles. The first-order valence-corrected chi connectivity index (χ1v) is 8.44. The van der Waals surface area contributed by atoms with Crippen LogP contribution in [0.2, 0.25) is 0 Å². The number of anilines is 1. The molecule has 0 bridgehead atoms. The zero-order valence-corrected chi connectivity index (χ0v) is 13.9. The molecule has 5 heteroatoms. The highest BCUT2D eigenvalue weighted by atomic mass is 16.5. The number of aromatic nitrogens is 1. The van der Waals surface area contributed by atoms with E-state index in [1.165, 1.54) is 12.8 Å². The van der Waals surface area contributed by atoms with Crippen molar-refractivity contribution in [3.63, 3.8) is 0 Å². The van der Waals surface area contributed by atoms with Crippen LogP contribution in [0.5, 0.6) is 11.5 Å². The smallest absolute Gasteiger partial charge is 0.319 e. The lowest BCUT2D eigenvalue weighted by Gasteiger charge is -2.26. The number of hydrogen-bond donors (Lipinski definition) is 2. The van der Waals surface area contributed by atoms with E-state index in [4.69, 9.17) is 4.74 Å². The Morgan fingerprint density at radius 3 is 2.58 bits per heavy atom. The van der Waals surface area contributed by atoms with Crippen LogP contribution in [0.1, 0.15) is 32.6 Å². The Hall–Kier alpha value is -2.56. The Morgan fingerprint density at radius 1 is 1.08 bits per heavy atom. The molecule has 3 rings (SSSR count). The van der Waals surface area contributed by atoms with Crippen molar-refractivity contribution in [3.05, 3.63) is 48.8 Å². The summed E-state index contributed by atoms with van der Waals surface area (Å²) in [6.45, 7) is 2.27. The summed E-state index contributed by atoms with van der Waals surface area (Å²) in [5.41, 5.74) is 0.711. The van der Waals surface area contributed by atoms with Crippen molar-refractivity contribution in [2.75, 3.05) is 5.32 Å². The summed E-state index contributed by atoms with van der Waals surface area (Å²) in [6, 6.07) is 11.1. The second-order valence-corrected chi connectivity index (χ2v) is 6.37. The topological polar surface area (TPSA) is 63.2 Å². The summed E-state index contributed by atoms with van der Waals surface area (Å²) >= 11 is 0. The minimum atomic E-state index is -0.157. The minimum absolute atomic E-state index is 0.157. The van der Waals surface area contributed by atoms with Gasteiger partial charge in [0.05, 0.1) is 0 Å². The maximum absolute atomic E-state index is 12.2. The van der Waals surface area contributed by atoms with E-state index in [1.54, 1.807) is 24.5 Å². The van der Waals surface area contributed by atoms with Gasteiger partial charge in [-0.1, -0.05) is 13.0 Å². The lowest BCUT2D eigenvalue weighted by Crippen LogP contribution is -2.39. The number of amides is 2. The summed E-state index contributed by atoms with van der Waals surface area (Å²) < 4.78 is 5.75. The van der Waals surface area contributed by atoms with Gasteiger partial charge in [0.15, 0.2) is 0 Å². The van der Waals surface area contributed by atoms with Crippen LogP contribution in [0.15, 0.2) is 48.8 Å². The van der Waals surface area contributed by atoms with Gasteiger partial charge >= 0.3 is 6.03 Å². The van der Waals surface area contributed by atoms with Gasteiger partial charge in [0.1, 0.15) is 11.5 Å². The number of nitrogens with one attached hydrogen (secondary N) is 2. The van der Waals surface area contributed by atoms with Gasteiger partial charge in [0.25, 0.3) is 0 Å². The third kappa shape index (κ3) is 4.72. The quantitative estimate of drug-likeness (QED) is 0.865. The lowest BCUT2D eigenvalue weighted by atomic mass is 9.87. The molecule has 0 radical (unpaired) electrons. The van der Waals surface area contributed by atoms with Gasteiger partial charge in [0.2, 0.25) is 0 Å². The minimum Gasteiger partial charge on any atom is -0.457 e. The molecule has 5 nitrogen and oxygen atoms in total. The predicted molar refractivity (Wildman–Crippen MR) is 94.3 cm³/mol. The second kappa shape index (κ2) is 7.81. The molecule has 0 spiro atoms. The summed E-state index contributed by atoms with van der Waals surface area (Å²) in [5.74, 6) is 2.15. The van der Waals surface area contributed by atoms with Crippen molar-refractivity contribution < 1.29 is 9.53 Å². The van der Waals surface area contributed by atoms with E-state index in [0.717, 1.165) is 18.8 Å². The van der Waals surface area contributed by atoms with Gasteiger partial charge < -0.3 is 15.4 Å². The highest BCUT2D eigenvalue weighted by Crippen LogP contribution is 2.25. The lowest BCUT2D eigenvalue weighted by molar-refractivity contribution is 0.239. The monoisotopic (exact) mass is 325 g/mol. The molecule has 1 aliphatic rings. The molecule has 1 fully saturated rings. The van der Waals surface area contributed by atoms with Crippen LogP contribution < -0.4 is 15.4 Å². The van der Waals surface area contributed by atoms with Gasteiger partial charge in [-0.25, -0.2) is 4.79 Å². The number of rotatable bonds is 4. The Bertz CT molecular complexity index is 667. The van der Waals surface area contributed by atoms with Crippen LogP contribution in [0.3, 0.4) is 0 Å². The third-order valence-electron chi connectivity index (χ3n) is 4.33. The maximum atomic E-state index is 12.2. The third-order valence-corrected chi connectivity index (χ3v) is 4.33. The zero-order valence-electron chi connectivity index (χ0n) is 13.9. The van der Waals surface area contributed by atoms with E-state index in [0.29, 0.717) is 17.2 Å². The van der Waals surface area contributed by atoms with Crippen LogP contribution in [0.25, 0.3) is 0 Å². The summed E-state index contributed by atoms with van der Waals surface area (Å²) in [5, 5.41) is 5.94. The number of nitrogens with zero attached hydrogens (tertiary/aromatic N) is 1. The number of ether oxygens (including phenoxy) is 1. The molecule has 126 valence electrons. The average Bonchev–Trinajstić information content (AvgIpc) is 2.58. The van der Waals surface area contributed by atoms with Gasteiger partial charge in [-0.05, 0) is 55.9 Å². The maximum Gasteiger partial charge on any atom is 0.319 e. The molecule has 0 saturated heterocycles. The normalized spacial score (nSPS) is 20.2. The molecule has 2 N–H and O–H groups in total. The molecule has 24 heavy (non-hydrogen) atoms. The van der Waals surface area contributed by atoms with E-state index in [-0.39, 0.29) is 12.1 Å². The predicted octanol–water partition coefficient (Wildman–Crippen LogP) is 4.57. The van der Waals surface area contributed by atoms with Crippen molar-refractivity contribution in [1.82, 2.24) is 10.3 Å². The fourth-order valence-electron chi connectivity index (χ4n) is 2.94. The standard InChI is InChI=1S/C19H23N3O2/c1-14-5-7-15(8-6-14)21-19(23)22-16-3-2-4-18(13-16)24-17-9-11-20-12-10-17/h2-4,9-15H,5-8H2,1H3,(H2,21,22,23). The molecule has 1 saturated carbocycles. The number of hydrogen-bond acceptors (Lipinski definition) is 3. The van der Waals surface area contributed by atoms with Crippen LogP contribution in [-0.4, -0.2) is 17.1 Å². The highest BCUT2D eigenvalue weighted by molar-refractivity contribution is 5.89. The molecule has 1 aliphatic carbocycles. The highest BCUT2D eigenvalue weighted by Gasteiger charge is 2.19. The fraction of sp³-hybridized carbons (Fsp3) is 0.368. The van der Waals surface area contributed by atoms with Crippen LogP contribution in [0, 0.1) is 5.92 Å². The fourth-order valence-corrected chi connectivity index (χ4v) is 2.94. The molecular formula is C19H23N3O2. The van der Waals surface area contributed by atoms with Crippen molar-refractivity contribution in [1.29, 1.82) is 0 Å². The number of carbonyl (C=O) groups is 1. The molecule has 0 unspecified atom stereocenters. The SMILES string of the molecule is CC1CCC(NC(=O)Nc2cccc(Oc3ccncc3)c2)CC1. The van der Waals surface area contributed by atoms with Crippen molar-refractivity contribution in [3.8, 4) is 11.5 Å². The first-order valence-electron chi connectivity index (χ1n) is 8.44. The first kappa shape index (κ1) is 16.3. The molecule has 1 heterocycles. The van der Waals surface area contributed by atoms with Crippen LogP contribution in [-0.2, 0) is 0 Å². The zero-order chi connectivity index (χ0) is 16.8. The molecule has 2 amide bonds. The van der Waals surface area contributed by atoms with Crippen LogP contribution >= 0.6 is 0 Å². The molecule has 0 atom stereocenters. The van der Waals surface area contributed by atoms with E-state index in [1.807, 2.05) is 24.3 Å². The average molecular weight is 325 g/mol. The number of urea groups is 1. The van der Waals surface area contributed by atoms with Crippen molar-refractivity contribution >= 4 is 11.7 Å². The van der Waals surface area contributed by atoms with E-state index >= 15 is 0 Å². The summed E-state index contributed by atoms with van der Waals surface area (Å²) in [6.07, 6.45) is 7.83. The Kier molecular flexibility index (Phi) is 5.31. The van der Waals surface area contributed by atoms with E-state index in [9.17, 15) is 4.79 Å². The summed E-state index contributed by atoms with van der Waals surface area (Å²) in [4.78, 5) is 16.1. The van der Waals surface area contributed by atoms with Gasteiger partial charge in [0, 0.05) is 30.2 Å². The largest absolute Gasteiger partial charge is 0.457 e. The Morgan fingerprint density at radius 2 is 1.83 bits per heavy atom. The first-order chi connectivity index (χ1) is 11.7. The number of benzene rings is 1. The second-order valence-electron chi connectivity index (χ2n) is 6.37. The van der Waals surface area contributed by atoms with Gasteiger partial charge in [-0.2, -0.15) is 0 Å². The molecule has 1 aromatic heterocycles.